The number of carbonyl (C=O) groups excluding carboxylic acids is 3. The van der Waals surface area contributed by atoms with Gasteiger partial charge < -0.3 is 19.7 Å². The minimum absolute atomic E-state index is 0.121. The zero-order valence-electron chi connectivity index (χ0n) is 23.0. The normalized spacial score (nSPS) is 17.7. The van der Waals surface area contributed by atoms with Crippen molar-refractivity contribution in [1.82, 2.24) is 4.90 Å². The van der Waals surface area contributed by atoms with E-state index in [4.69, 9.17) is 9.47 Å². The van der Waals surface area contributed by atoms with Gasteiger partial charge in [-0.2, -0.15) is 0 Å². The highest BCUT2D eigenvalue weighted by Gasteiger charge is 2.43. The van der Waals surface area contributed by atoms with E-state index >= 15 is 0 Å². The lowest BCUT2D eigenvalue weighted by Crippen LogP contribution is -2.39. The van der Waals surface area contributed by atoms with Crippen molar-refractivity contribution in [2.75, 3.05) is 25.1 Å². The molecule has 0 aromatic heterocycles. The van der Waals surface area contributed by atoms with Crippen molar-refractivity contribution in [2.45, 2.75) is 65.2 Å². The summed E-state index contributed by atoms with van der Waals surface area (Å²) in [6, 6.07) is 13.1. The largest absolute Gasteiger partial charge is 0.490 e. The molecule has 7 heteroatoms. The van der Waals surface area contributed by atoms with Crippen LogP contribution in [-0.2, 0) is 14.4 Å². The fourth-order valence-electron chi connectivity index (χ4n) is 6.00. The van der Waals surface area contributed by atoms with Gasteiger partial charge in [-0.25, -0.2) is 0 Å². The van der Waals surface area contributed by atoms with E-state index < -0.39 is 5.92 Å². The predicted octanol–water partition coefficient (Wildman–Crippen LogP) is 5.84. The van der Waals surface area contributed by atoms with Gasteiger partial charge in [-0.1, -0.05) is 23.8 Å². The molecule has 1 N–H and O–H groups in total. The van der Waals surface area contributed by atoms with Gasteiger partial charge in [-0.15, -0.1) is 0 Å². The Hall–Kier alpha value is -3.87. The Morgan fingerprint density at radius 1 is 0.872 bits per heavy atom. The van der Waals surface area contributed by atoms with Gasteiger partial charge in [0.15, 0.2) is 29.7 Å². The van der Waals surface area contributed by atoms with Crippen LogP contribution in [0.5, 0.6) is 11.5 Å². The van der Waals surface area contributed by atoms with Crippen molar-refractivity contribution in [1.29, 1.82) is 0 Å². The van der Waals surface area contributed by atoms with E-state index in [0.717, 1.165) is 65.9 Å². The molecule has 0 fully saturated rings. The molecular weight excluding hydrogens is 492 g/mol. The highest BCUT2D eigenvalue weighted by molar-refractivity contribution is 6.06. The Morgan fingerprint density at radius 2 is 1.51 bits per heavy atom. The zero-order chi connectivity index (χ0) is 27.5. The van der Waals surface area contributed by atoms with E-state index in [1.54, 1.807) is 6.07 Å². The Bertz CT molecular complexity index is 1310. The average Bonchev–Trinajstić information content (AvgIpc) is 2.93. The fourth-order valence-corrected chi connectivity index (χ4v) is 6.00. The van der Waals surface area contributed by atoms with E-state index in [9.17, 15) is 14.4 Å². The molecule has 1 amide bonds. The van der Waals surface area contributed by atoms with Gasteiger partial charge in [0.05, 0.1) is 6.61 Å². The number of hydrogen-bond donors (Lipinski definition) is 1. The van der Waals surface area contributed by atoms with E-state index in [1.165, 1.54) is 0 Å². The van der Waals surface area contributed by atoms with Gasteiger partial charge in [0, 0.05) is 53.5 Å². The number of amides is 1. The van der Waals surface area contributed by atoms with Crippen LogP contribution in [0.3, 0.4) is 0 Å². The number of nitrogens with one attached hydrogen (secondary N) is 1. The van der Waals surface area contributed by atoms with Crippen LogP contribution in [-0.4, -0.2) is 42.1 Å². The quantitative estimate of drug-likeness (QED) is 0.463. The summed E-state index contributed by atoms with van der Waals surface area (Å²) in [5.41, 5.74) is 6.31. The summed E-state index contributed by atoms with van der Waals surface area (Å²) in [6.45, 7) is 6.93. The van der Waals surface area contributed by atoms with Crippen molar-refractivity contribution >= 4 is 23.2 Å². The first-order valence-electron chi connectivity index (χ1n) is 14.0. The monoisotopic (exact) mass is 528 g/mol. The maximum atomic E-state index is 13.4. The first-order valence-corrected chi connectivity index (χ1v) is 14.0. The molecule has 204 valence electrons. The lowest BCUT2D eigenvalue weighted by Gasteiger charge is -2.43. The molecule has 1 aliphatic heterocycles. The Labute approximate surface area is 229 Å². The third kappa shape index (κ3) is 5.35. The maximum Gasteiger partial charge on any atom is 0.262 e. The molecule has 0 bridgehead atoms. The summed E-state index contributed by atoms with van der Waals surface area (Å²) < 4.78 is 11.8. The third-order valence-electron chi connectivity index (χ3n) is 7.70. The van der Waals surface area contributed by atoms with Crippen LogP contribution < -0.4 is 14.8 Å². The fraction of sp³-hybridized carbons (Fsp3) is 0.406. The zero-order valence-corrected chi connectivity index (χ0v) is 23.0. The van der Waals surface area contributed by atoms with Crippen LogP contribution >= 0.6 is 0 Å². The molecule has 1 heterocycles. The number of allylic oxidation sites excluding steroid dienone is 4. The number of hydrogen-bond acceptors (Lipinski definition) is 6. The number of anilines is 1. The molecule has 2 aliphatic carbocycles. The topological polar surface area (TPSA) is 84.9 Å². The molecule has 2 aromatic rings. The number of benzene rings is 2. The lowest BCUT2D eigenvalue weighted by molar-refractivity contribution is -0.118. The van der Waals surface area contributed by atoms with Crippen molar-refractivity contribution < 1.29 is 23.9 Å². The number of ketones is 2. The summed E-state index contributed by atoms with van der Waals surface area (Å²) in [5.74, 6) is 0.497. The van der Waals surface area contributed by atoms with Crippen molar-refractivity contribution in [3.8, 4) is 11.5 Å². The standard InChI is InChI=1S/C32H36N2O5/c1-4-34-23-8-6-10-25(35)31(23)30(32-24(34)9-7-11-26(32)36)21-14-17-27(28(18-21)38-5-2)39-19-29(37)33-22-15-12-20(3)13-16-22/h12-18,30H,4-11,19H2,1-3H3,(H,33,37). The van der Waals surface area contributed by atoms with Gasteiger partial charge in [0.1, 0.15) is 0 Å². The van der Waals surface area contributed by atoms with Crippen LogP contribution in [0.25, 0.3) is 0 Å². The summed E-state index contributed by atoms with van der Waals surface area (Å²) in [5, 5.41) is 2.84. The summed E-state index contributed by atoms with van der Waals surface area (Å²) in [7, 11) is 0. The Kier molecular flexibility index (Phi) is 7.87. The number of rotatable bonds is 8. The summed E-state index contributed by atoms with van der Waals surface area (Å²) in [6.07, 6.45) is 4.34. The van der Waals surface area contributed by atoms with Crippen LogP contribution in [0.15, 0.2) is 65.0 Å². The molecule has 3 aliphatic rings. The second-order valence-corrected chi connectivity index (χ2v) is 10.3. The molecule has 0 atom stereocenters. The predicted molar refractivity (Wildman–Crippen MR) is 150 cm³/mol. The molecule has 0 saturated carbocycles. The number of nitrogens with zero attached hydrogens (tertiary/aromatic N) is 1. The third-order valence-corrected chi connectivity index (χ3v) is 7.70. The molecule has 0 unspecified atom stereocenters. The lowest BCUT2D eigenvalue weighted by atomic mass is 9.71. The molecule has 5 rings (SSSR count). The van der Waals surface area contributed by atoms with Crippen LogP contribution in [0.4, 0.5) is 5.69 Å². The van der Waals surface area contributed by atoms with Crippen molar-refractivity contribution in [2.24, 2.45) is 0 Å². The molecular formula is C32H36N2O5. The second kappa shape index (κ2) is 11.5. The van der Waals surface area contributed by atoms with Gasteiger partial charge >= 0.3 is 0 Å². The number of ether oxygens (including phenoxy) is 2. The molecule has 0 saturated heterocycles. The van der Waals surface area contributed by atoms with Crippen molar-refractivity contribution in [3.63, 3.8) is 0 Å². The van der Waals surface area contributed by atoms with Gasteiger partial charge in [-0.05, 0) is 76.3 Å². The molecule has 0 radical (unpaired) electrons. The maximum absolute atomic E-state index is 13.4. The van der Waals surface area contributed by atoms with Gasteiger partial charge in [-0.3, -0.25) is 14.4 Å². The van der Waals surface area contributed by atoms with Gasteiger partial charge in [0.25, 0.3) is 5.91 Å². The Morgan fingerprint density at radius 3 is 2.10 bits per heavy atom. The molecule has 39 heavy (non-hydrogen) atoms. The van der Waals surface area contributed by atoms with E-state index in [2.05, 4.69) is 17.1 Å². The second-order valence-electron chi connectivity index (χ2n) is 10.3. The molecule has 0 spiro atoms. The smallest absolute Gasteiger partial charge is 0.262 e. The van der Waals surface area contributed by atoms with Crippen LogP contribution in [0.1, 0.15) is 69.4 Å². The van der Waals surface area contributed by atoms with Crippen LogP contribution in [0, 0.1) is 6.92 Å². The minimum atomic E-state index is -0.406. The number of carbonyl (C=O) groups is 3. The minimum Gasteiger partial charge on any atom is -0.490 e. The SMILES string of the molecule is CCOc1cc(C2C3=C(CCCC3=O)N(CC)C3=C2C(=O)CCC3)ccc1OCC(=O)Nc1ccc(C)cc1. The van der Waals surface area contributed by atoms with E-state index in [1.807, 2.05) is 50.2 Å². The number of Topliss-reactive ketones (excluding diaryl/α,β-unsaturated/α-hetero) is 2. The first kappa shape index (κ1) is 26.7. The highest BCUT2D eigenvalue weighted by atomic mass is 16.5. The summed E-state index contributed by atoms with van der Waals surface area (Å²) in [4.78, 5) is 41.5. The van der Waals surface area contributed by atoms with E-state index in [-0.39, 0.29) is 24.1 Å². The first-order chi connectivity index (χ1) is 18.9. The summed E-state index contributed by atoms with van der Waals surface area (Å²) >= 11 is 0. The van der Waals surface area contributed by atoms with E-state index in [0.29, 0.717) is 36.6 Å². The Balaban J connectivity index is 1.46. The molecule has 7 nitrogen and oxygen atoms in total. The highest BCUT2D eigenvalue weighted by Crippen LogP contribution is 2.50. The van der Waals surface area contributed by atoms with Crippen molar-refractivity contribution in [3.05, 3.63) is 76.1 Å². The van der Waals surface area contributed by atoms with Crippen LogP contribution in [0.2, 0.25) is 0 Å². The molecule has 2 aromatic carbocycles. The average molecular weight is 529 g/mol. The van der Waals surface area contributed by atoms with Gasteiger partial charge in [0.2, 0.25) is 0 Å². The number of aryl methyl sites for hydroxylation is 1.